The topological polar surface area (TPSA) is 105 Å². The minimum atomic E-state index is -0.304. The minimum absolute atomic E-state index is 0.0355. The summed E-state index contributed by atoms with van der Waals surface area (Å²) >= 11 is 7.07. The summed E-state index contributed by atoms with van der Waals surface area (Å²) in [6.07, 6.45) is 0.0355. The zero-order valence-electron chi connectivity index (χ0n) is 14.9. The lowest BCUT2D eigenvalue weighted by Gasteiger charge is -2.10. The van der Waals surface area contributed by atoms with E-state index >= 15 is 0 Å². The Morgan fingerprint density at radius 2 is 1.86 bits per heavy atom. The number of rotatable bonds is 5. The van der Waals surface area contributed by atoms with Gasteiger partial charge in [-0.3, -0.25) is 9.59 Å². The zero-order valence-corrected chi connectivity index (χ0v) is 16.5. The molecule has 146 valence electrons. The van der Waals surface area contributed by atoms with Crippen LogP contribution in [0.4, 0.5) is 5.69 Å². The van der Waals surface area contributed by atoms with E-state index in [0.29, 0.717) is 21.7 Å². The number of aromatic nitrogens is 4. The third-order valence-electron chi connectivity index (χ3n) is 3.90. The first-order chi connectivity index (χ1) is 14.1. The number of amidine groups is 1. The molecule has 1 aliphatic rings. The van der Waals surface area contributed by atoms with Crippen molar-refractivity contribution < 1.29 is 9.59 Å². The number of hydrogen-bond donors (Lipinski definition) is 1. The smallest absolute Gasteiger partial charge is 0.255 e. The highest BCUT2D eigenvalue weighted by atomic mass is 35.5. The second-order valence-corrected chi connectivity index (χ2v) is 7.33. The Kier molecular flexibility index (Phi) is 5.54. The van der Waals surface area contributed by atoms with Crippen LogP contribution in [0.1, 0.15) is 6.42 Å². The van der Waals surface area contributed by atoms with Crippen molar-refractivity contribution in [2.24, 2.45) is 5.10 Å². The quantitative estimate of drug-likeness (QED) is 0.626. The summed E-state index contributed by atoms with van der Waals surface area (Å²) in [5.74, 6) is -0.137. The SMILES string of the molecule is O=C(CSc1nnnn1-c1ccc(Cl)cc1)NC1=NN(c2ccccc2)C(=O)C1. The number of nitrogens with zero attached hydrogens (tertiary/aromatic N) is 6. The molecule has 0 saturated carbocycles. The molecule has 0 bridgehead atoms. The summed E-state index contributed by atoms with van der Waals surface area (Å²) in [4.78, 5) is 24.5. The maximum Gasteiger partial charge on any atom is 0.255 e. The van der Waals surface area contributed by atoms with Crippen molar-refractivity contribution >= 4 is 46.7 Å². The summed E-state index contributed by atoms with van der Waals surface area (Å²) in [5, 5.41) is 20.7. The molecule has 1 aromatic heterocycles. The Labute approximate surface area is 174 Å². The number of thioether (sulfide) groups is 1. The molecule has 3 aromatic rings. The summed E-state index contributed by atoms with van der Waals surface area (Å²) in [5.41, 5.74) is 1.38. The van der Waals surface area contributed by atoms with Gasteiger partial charge in [-0.25, -0.2) is 0 Å². The fourth-order valence-corrected chi connectivity index (χ4v) is 3.43. The van der Waals surface area contributed by atoms with Crippen LogP contribution in [0.15, 0.2) is 64.9 Å². The number of benzene rings is 2. The van der Waals surface area contributed by atoms with Gasteiger partial charge < -0.3 is 5.32 Å². The number of hydrogen-bond acceptors (Lipinski definition) is 7. The Morgan fingerprint density at radius 1 is 1.10 bits per heavy atom. The van der Waals surface area contributed by atoms with E-state index in [9.17, 15) is 9.59 Å². The molecule has 0 spiro atoms. The Balaban J connectivity index is 1.37. The molecule has 29 heavy (non-hydrogen) atoms. The van der Waals surface area contributed by atoms with Gasteiger partial charge in [-0.1, -0.05) is 41.6 Å². The Bertz CT molecular complexity index is 1070. The lowest BCUT2D eigenvalue weighted by atomic mass is 10.3. The van der Waals surface area contributed by atoms with Crippen molar-refractivity contribution in [2.45, 2.75) is 11.6 Å². The molecular formula is C18H14ClN7O2S. The predicted molar refractivity (Wildman–Crippen MR) is 109 cm³/mol. The van der Waals surface area contributed by atoms with Crippen molar-refractivity contribution in [3.8, 4) is 5.69 Å². The monoisotopic (exact) mass is 427 g/mol. The van der Waals surface area contributed by atoms with Crippen LogP contribution in [0.25, 0.3) is 5.69 Å². The molecule has 2 heterocycles. The average Bonchev–Trinajstić information content (AvgIpc) is 3.34. The van der Waals surface area contributed by atoms with E-state index in [2.05, 4.69) is 25.9 Å². The molecular weight excluding hydrogens is 414 g/mol. The maximum absolute atomic E-state index is 12.3. The van der Waals surface area contributed by atoms with Gasteiger partial charge in [0.15, 0.2) is 0 Å². The van der Waals surface area contributed by atoms with Crippen LogP contribution in [-0.4, -0.2) is 43.6 Å². The Morgan fingerprint density at radius 3 is 2.62 bits per heavy atom. The Hall–Kier alpha value is -3.24. The molecule has 0 saturated heterocycles. The van der Waals surface area contributed by atoms with Gasteiger partial charge in [-0.2, -0.15) is 14.8 Å². The highest BCUT2D eigenvalue weighted by molar-refractivity contribution is 7.99. The van der Waals surface area contributed by atoms with Crippen LogP contribution in [0, 0.1) is 0 Å². The third kappa shape index (κ3) is 4.44. The standard InChI is InChI=1S/C18H14ClN7O2S/c19-12-6-8-14(9-7-12)26-18(21-23-24-26)29-11-16(27)20-15-10-17(28)25(22-15)13-4-2-1-3-5-13/h1-9H,10-11H2,(H,20,22,27). The molecule has 0 unspecified atom stereocenters. The van der Waals surface area contributed by atoms with Crippen LogP contribution in [0.5, 0.6) is 0 Å². The fraction of sp³-hybridized carbons (Fsp3) is 0.111. The first kappa shape index (κ1) is 19.1. The maximum atomic E-state index is 12.3. The number of halogens is 1. The molecule has 0 radical (unpaired) electrons. The van der Waals surface area contributed by atoms with E-state index in [1.54, 1.807) is 36.4 Å². The van der Waals surface area contributed by atoms with Crippen LogP contribution in [-0.2, 0) is 9.59 Å². The molecule has 1 aliphatic heterocycles. The van der Waals surface area contributed by atoms with E-state index in [0.717, 1.165) is 5.69 Å². The number of para-hydroxylation sites is 1. The van der Waals surface area contributed by atoms with E-state index in [-0.39, 0.29) is 24.0 Å². The molecule has 11 heteroatoms. The molecule has 0 aliphatic carbocycles. The predicted octanol–water partition coefficient (Wildman–Crippen LogP) is 2.27. The lowest BCUT2D eigenvalue weighted by molar-refractivity contribution is -0.117. The van der Waals surface area contributed by atoms with Gasteiger partial charge in [0.1, 0.15) is 5.84 Å². The van der Waals surface area contributed by atoms with E-state index < -0.39 is 0 Å². The molecule has 0 fully saturated rings. The molecule has 4 rings (SSSR count). The first-order valence-electron chi connectivity index (χ1n) is 8.52. The third-order valence-corrected chi connectivity index (χ3v) is 5.08. The van der Waals surface area contributed by atoms with Crippen molar-refractivity contribution in [1.29, 1.82) is 0 Å². The van der Waals surface area contributed by atoms with Gasteiger partial charge in [0, 0.05) is 5.02 Å². The molecule has 0 atom stereocenters. The minimum Gasteiger partial charge on any atom is -0.312 e. The van der Waals surface area contributed by atoms with Crippen molar-refractivity contribution in [3.05, 3.63) is 59.6 Å². The van der Waals surface area contributed by atoms with Gasteiger partial charge >= 0.3 is 0 Å². The van der Waals surface area contributed by atoms with Crippen molar-refractivity contribution in [2.75, 3.05) is 10.8 Å². The van der Waals surface area contributed by atoms with Gasteiger partial charge in [-0.15, -0.1) is 5.10 Å². The second-order valence-electron chi connectivity index (χ2n) is 5.95. The van der Waals surface area contributed by atoms with Crippen LogP contribution >= 0.6 is 23.4 Å². The number of carbonyl (C=O) groups is 2. The number of tetrazole rings is 1. The molecule has 2 aromatic carbocycles. The van der Waals surface area contributed by atoms with E-state index in [1.165, 1.54) is 21.5 Å². The van der Waals surface area contributed by atoms with Crippen LogP contribution in [0.2, 0.25) is 5.02 Å². The zero-order chi connectivity index (χ0) is 20.2. The summed E-state index contributed by atoms with van der Waals surface area (Å²) < 4.78 is 1.52. The highest BCUT2D eigenvalue weighted by Gasteiger charge is 2.26. The number of nitrogens with one attached hydrogen (secondary N) is 1. The lowest BCUT2D eigenvalue weighted by Crippen LogP contribution is -2.31. The van der Waals surface area contributed by atoms with Crippen LogP contribution < -0.4 is 10.3 Å². The van der Waals surface area contributed by atoms with E-state index in [4.69, 9.17) is 11.6 Å². The number of carbonyl (C=O) groups excluding carboxylic acids is 2. The largest absolute Gasteiger partial charge is 0.312 e. The van der Waals surface area contributed by atoms with Gasteiger partial charge in [0.05, 0.1) is 23.5 Å². The van der Waals surface area contributed by atoms with Gasteiger partial charge in [0.2, 0.25) is 11.1 Å². The summed E-state index contributed by atoms with van der Waals surface area (Å²) in [7, 11) is 0. The molecule has 2 amide bonds. The van der Waals surface area contributed by atoms with Crippen molar-refractivity contribution in [1.82, 2.24) is 25.5 Å². The number of anilines is 1. The first-order valence-corrected chi connectivity index (χ1v) is 9.89. The van der Waals surface area contributed by atoms with Gasteiger partial charge in [0.25, 0.3) is 5.91 Å². The molecule has 1 N–H and O–H groups in total. The number of amides is 2. The number of hydrazone groups is 1. The normalized spacial score (nSPS) is 13.5. The second kappa shape index (κ2) is 8.41. The van der Waals surface area contributed by atoms with Gasteiger partial charge in [-0.05, 0) is 46.8 Å². The summed E-state index contributed by atoms with van der Waals surface area (Å²) in [6.45, 7) is 0. The summed E-state index contributed by atoms with van der Waals surface area (Å²) in [6, 6.07) is 16.1. The van der Waals surface area contributed by atoms with E-state index in [1.807, 2.05) is 18.2 Å². The average molecular weight is 428 g/mol. The van der Waals surface area contributed by atoms with Crippen molar-refractivity contribution in [3.63, 3.8) is 0 Å². The highest BCUT2D eigenvalue weighted by Crippen LogP contribution is 2.21. The van der Waals surface area contributed by atoms with Crippen LogP contribution in [0.3, 0.4) is 0 Å². The molecule has 9 nitrogen and oxygen atoms in total. The fourth-order valence-electron chi connectivity index (χ4n) is 2.61.